The predicted molar refractivity (Wildman–Crippen MR) is 61.9 cm³/mol. The molecule has 2 N–H and O–H groups in total. The second-order valence-corrected chi connectivity index (χ2v) is 5.81. The van der Waals surface area contributed by atoms with Gasteiger partial charge in [0, 0.05) is 13.6 Å². The van der Waals surface area contributed by atoms with Crippen LogP contribution in [0.2, 0.25) is 0 Å². The van der Waals surface area contributed by atoms with Crippen molar-refractivity contribution in [3.63, 3.8) is 0 Å². The Morgan fingerprint density at radius 3 is 2.61 bits per heavy atom. The molecule has 0 aliphatic heterocycles. The first-order valence-corrected chi connectivity index (χ1v) is 6.67. The molecule has 0 saturated carbocycles. The first kappa shape index (κ1) is 15.0. The molecule has 0 radical (unpaired) electrons. The van der Waals surface area contributed by atoms with E-state index in [-0.39, 0.29) is 17.1 Å². The van der Waals surface area contributed by atoms with Gasteiger partial charge in [-0.3, -0.25) is 5.10 Å². The Morgan fingerprint density at radius 2 is 2.11 bits per heavy atom. The standard InChI is InChI=1S/C9H16F2N4O2S/c1-6-9(7(4-12-2)14-13-6)18(16,17)15(3)5-8(10)11/h8,12H,4-5H2,1-3H3,(H,13,14). The third kappa shape index (κ3) is 3.03. The van der Waals surface area contributed by atoms with E-state index in [1.807, 2.05) is 0 Å². The van der Waals surface area contributed by atoms with Crippen LogP contribution in [0.4, 0.5) is 8.78 Å². The zero-order valence-electron chi connectivity index (χ0n) is 10.4. The molecule has 0 spiro atoms. The molecule has 0 amide bonds. The highest BCUT2D eigenvalue weighted by atomic mass is 32.2. The predicted octanol–water partition coefficient (Wildman–Crippen LogP) is 0.323. The molecule has 104 valence electrons. The lowest BCUT2D eigenvalue weighted by atomic mass is 10.4. The highest BCUT2D eigenvalue weighted by molar-refractivity contribution is 7.89. The third-order valence-electron chi connectivity index (χ3n) is 2.37. The van der Waals surface area contributed by atoms with E-state index in [1.165, 1.54) is 6.92 Å². The van der Waals surface area contributed by atoms with Gasteiger partial charge in [-0.15, -0.1) is 0 Å². The normalized spacial score (nSPS) is 12.6. The largest absolute Gasteiger partial charge is 0.314 e. The summed E-state index contributed by atoms with van der Waals surface area (Å²) in [5.74, 6) is 0. The Morgan fingerprint density at radius 1 is 1.50 bits per heavy atom. The van der Waals surface area contributed by atoms with Gasteiger partial charge in [-0.1, -0.05) is 0 Å². The minimum absolute atomic E-state index is 0.0417. The van der Waals surface area contributed by atoms with E-state index in [2.05, 4.69) is 15.5 Å². The quantitative estimate of drug-likeness (QED) is 0.788. The fraction of sp³-hybridized carbons (Fsp3) is 0.667. The number of hydrogen-bond acceptors (Lipinski definition) is 4. The molecule has 0 aliphatic carbocycles. The highest BCUT2D eigenvalue weighted by Gasteiger charge is 2.29. The molecule has 1 rings (SSSR count). The summed E-state index contributed by atoms with van der Waals surface area (Å²) >= 11 is 0. The van der Waals surface area contributed by atoms with Crippen LogP contribution in [0.25, 0.3) is 0 Å². The van der Waals surface area contributed by atoms with E-state index in [9.17, 15) is 17.2 Å². The van der Waals surface area contributed by atoms with E-state index in [0.717, 1.165) is 7.05 Å². The van der Waals surface area contributed by atoms with Crippen LogP contribution >= 0.6 is 0 Å². The Balaban J connectivity index is 3.15. The van der Waals surface area contributed by atoms with Crippen molar-refractivity contribution in [3.05, 3.63) is 11.4 Å². The van der Waals surface area contributed by atoms with Crippen LogP contribution in [0.15, 0.2) is 4.90 Å². The molecule has 0 fully saturated rings. The van der Waals surface area contributed by atoms with E-state index >= 15 is 0 Å². The summed E-state index contributed by atoms with van der Waals surface area (Å²) in [7, 11) is -1.19. The first-order valence-electron chi connectivity index (χ1n) is 5.23. The number of alkyl halides is 2. The molecule has 6 nitrogen and oxygen atoms in total. The fourth-order valence-electron chi connectivity index (χ4n) is 1.55. The van der Waals surface area contributed by atoms with Gasteiger partial charge in [-0.05, 0) is 14.0 Å². The third-order valence-corrected chi connectivity index (χ3v) is 4.40. The van der Waals surface area contributed by atoms with Crippen molar-refractivity contribution in [2.45, 2.75) is 24.8 Å². The Hall–Kier alpha value is -1.06. The van der Waals surface area contributed by atoms with Gasteiger partial charge in [0.15, 0.2) is 0 Å². The molecule has 0 aromatic carbocycles. The lowest BCUT2D eigenvalue weighted by molar-refractivity contribution is 0.126. The number of hydrogen-bond donors (Lipinski definition) is 2. The Kier molecular flexibility index (Phi) is 4.77. The van der Waals surface area contributed by atoms with Gasteiger partial charge in [0.2, 0.25) is 10.0 Å². The number of sulfonamides is 1. The second kappa shape index (κ2) is 5.72. The maximum atomic E-state index is 12.3. The summed E-state index contributed by atoms with van der Waals surface area (Å²) in [6.45, 7) is 0.933. The summed E-state index contributed by atoms with van der Waals surface area (Å²) in [4.78, 5) is -0.0417. The van der Waals surface area contributed by atoms with Crippen LogP contribution in [0.5, 0.6) is 0 Å². The molecular formula is C9H16F2N4O2S. The minimum atomic E-state index is -3.95. The Bertz CT molecular complexity index is 501. The molecule has 18 heavy (non-hydrogen) atoms. The SMILES string of the molecule is CNCc1n[nH]c(C)c1S(=O)(=O)N(C)CC(F)F. The van der Waals surface area contributed by atoms with Crippen molar-refractivity contribution < 1.29 is 17.2 Å². The molecular weight excluding hydrogens is 266 g/mol. The van der Waals surface area contributed by atoms with Gasteiger partial charge in [-0.25, -0.2) is 17.2 Å². The minimum Gasteiger partial charge on any atom is -0.314 e. The van der Waals surface area contributed by atoms with Gasteiger partial charge in [0.1, 0.15) is 4.90 Å². The second-order valence-electron chi connectivity index (χ2n) is 3.83. The topological polar surface area (TPSA) is 78.1 Å². The molecule has 0 saturated heterocycles. The van der Waals surface area contributed by atoms with Crippen molar-refractivity contribution >= 4 is 10.0 Å². The van der Waals surface area contributed by atoms with Crippen LogP contribution in [-0.2, 0) is 16.6 Å². The number of nitrogens with one attached hydrogen (secondary N) is 2. The van der Waals surface area contributed by atoms with Crippen molar-refractivity contribution in [1.29, 1.82) is 0 Å². The average Bonchev–Trinajstić information content (AvgIpc) is 2.59. The van der Waals surface area contributed by atoms with Gasteiger partial charge < -0.3 is 5.32 Å². The number of aromatic nitrogens is 2. The zero-order chi connectivity index (χ0) is 13.9. The molecule has 0 unspecified atom stereocenters. The summed E-state index contributed by atoms with van der Waals surface area (Å²) in [6.07, 6.45) is -2.72. The van der Waals surface area contributed by atoms with Crippen LogP contribution in [0, 0.1) is 6.92 Å². The molecule has 9 heteroatoms. The van der Waals surface area contributed by atoms with E-state index in [1.54, 1.807) is 7.05 Å². The first-order chi connectivity index (χ1) is 8.30. The lowest BCUT2D eigenvalue weighted by Crippen LogP contribution is -2.32. The van der Waals surface area contributed by atoms with Crippen LogP contribution < -0.4 is 5.32 Å². The Labute approximate surface area is 104 Å². The van der Waals surface area contributed by atoms with Crippen molar-refractivity contribution in [1.82, 2.24) is 19.8 Å². The maximum absolute atomic E-state index is 12.3. The van der Waals surface area contributed by atoms with Crippen LogP contribution in [0.3, 0.4) is 0 Å². The molecule has 0 aliphatic rings. The number of halogens is 2. The number of aryl methyl sites for hydroxylation is 1. The average molecular weight is 282 g/mol. The van der Waals surface area contributed by atoms with E-state index in [4.69, 9.17) is 0 Å². The summed E-state index contributed by atoms with van der Waals surface area (Å²) in [5, 5.41) is 9.18. The molecule has 0 atom stereocenters. The summed E-state index contributed by atoms with van der Waals surface area (Å²) < 4.78 is 49.5. The van der Waals surface area contributed by atoms with Crippen molar-refractivity contribution in [2.75, 3.05) is 20.6 Å². The molecule has 1 aromatic rings. The lowest BCUT2D eigenvalue weighted by Gasteiger charge is -2.17. The van der Waals surface area contributed by atoms with Crippen LogP contribution in [-0.4, -0.2) is 50.0 Å². The van der Waals surface area contributed by atoms with Gasteiger partial charge in [0.25, 0.3) is 6.43 Å². The number of H-pyrrole nitrogens is 1. The summed E-state index contributed by atoms with van der Waals surface area (Å²) in [6, 6.07) is 0. The van der Waals surface area contributed by atoms with Crippen LogP contribution in [0.1, 0.15) is 11.4 Å². The summed E-state index contributed by atoms with van der Waals surface area (Å²) in [5.41, 5.74) is 0.623. The van der Waals surface area contributed by atoms with Gasteiger partial charge in [-0.2, -0.15) is 9.40 Å². The van der Waals surface area contributed by atoms with Gasteiger partial charge in [0.05, 0.1) is 17.9 Å². The van der Waals surface area contributed by atoms with E-state index in [0.29, 0.717) is 10.00 Å². The fourth-order valence-corrected chi connectivity index (χ4v) is 3.02. The maximum Gasteiger partial charge on any atom is 0.252 e. The van der Waals surface area contributed by atoms with Crippen molar-refractivity contribution in [3.8, 4) is 0 Å². The molecule has 1 heterocycles. The highest BCUT2D eigenvalue weighted by Crippen LogP contribution is 2.21. The monoisotopic (exact) mass is 282 g/mol. The molecule has 1 aromatic heterocycles. The number of aromatic amines is 1. The molecule has 0 bridgehead atoms. The van der Waals surface area contributed by atoms with Crippen molar-refractivity contribution in [2.24, 2.45) is 0 Å². The number of nitrogens with zero attached hydrogens (tertiary/aromatic N) is 2. The zero-order valence-corrected chi connectivity index (χ0v) is 11.2. The number of rotatable bonds is 6. The van der Waals surface area contributed by atoms with Gasteiger partial charge >= 0.3 is 0 Å². The van der Waals surface area contributed by atoms with E-state index < -0.39 is 23.0 Å². The smallest absolute Gasteiger partial charge is 0.252 e.